The minimum absolute atomic E-state index is 0.0438. The van der Waals surface area contributed by atoms with Gasteiger partial charge in [0.1, 0.15) is 22.6 Å². The molecule has 0 bridgehead atoms. The number of unbranched alkanes of at least 4 members (excludes halogenated alkanes) is 5. The molecule has 10 heteroatoms. The molecule has 0 aromatic heterocycles. The molecule has 10 nitrogen and oxygen atoms in total. The number of aromatic hydroxyl groups is 1. The first-order valence-electron chi connectivity index (χ1n) is 18.5. The van der Waals surface area contributed by atoms with E-state index in [-0.39, 0.29) is 41.2 Å². The molecule has 0 fully saturated rings. The number of rotatable bonds is 24. The molecule has 2 aromatic carbocycles. The van der Waals surface area contributed by atoms with Crippen LogP contribution >= 0.6 is 0 Å². The van der Waals surface area contributed by atoms with Crippen molar-refractivity contribution in [3.63, 3.8) is 0 Å². The molecule has 53 heavy (non-hydrogen) atoms. The molecule has 0 amide bonds. The molecule has 0 saturated carbocycles. The summed E-state index contributed by atoms with van der Waals surface area (Å²) in [6.45, 7) is 4.23. The molecule has 0 aliphatic carbocycles. The van der Waals surface area contributed by atoms with Crippen LogP contribution in [-0.4, -0.2) is 36.1 Å². The zero-order valence-corrected chi connectivity index (χ0v) is 31.3. The number of phenols is 1. The van der Waals surface area contributed by atoms with E-state index in [0.717, 1.165) is 57.8 Å². The van der Waals surface area contributed by atoms with Crippen LogP contribution in [0, 0.1) is 0 Å². The van der Waals surface area contributed by atoms with Gasteiger partial charge < -0.3 is 19.3 Å². The summed E-state index contributed by atoms with van der Waals surface area (Å²) in [5.74, 6) is -3.36. The molecule has 0 aliphatic heterocycles. The number of allylic oxidation sites excluding steroid dienone is 10. The standard InChI is InChI=1S/C43H54N2O8/c1-4-6-8-10-11-12-13-14-15-16-17-18-19-20-21-23-25-27-40(47)52-42(49)36-30-28-35(33-39(36)51-3)45-44-34-29-31-38(46)37(32-34)43(50)53-41(48)26-24-22-9-7-5-2/h6,8,11-12,14-15,17-18,20-21,28-33,46H,4-5,7,9-10,13,16,19,22-27H2,1-3H3/b8-6-,12-11-,15-14-,18-17-,21-20-,45-44?. The van der Waals surface area contributed by atoms with Crippen LogP contribution in [0.1, 0.15) is 124 Å². The smallest absolute Gasteiger partial charge is 0.349 e. The number of carbonyl (C=O) groups excluding carboxylic acids is 4. The molecule has 0 unspecified atom stereocenters. The van der Waals surface area contributed by atoms with E-state index >= 15 is 0 Å². The van der Waals surface area contributed by atoms with E-state index in [2.05, 4.69) is 72.7 Å². The zero-order chi connectivity index (χ0) is 38.5. The Labute approximate surface area is 314 Å². The lowest BCUT2D eigenvalue weighted by Gasteiger charge is -2.08. The van der Waals surface area contributed by atoms with Gasteiger partial charge in [0.15, 0.2) is 0 Å². The molecular formula is C43H54N2O8. The van der Waals surface area contributed by atoms with Crippen molar-refractivity contribution in [2.75, 3.05) is 7.11 Å². The maximum Gasteiger partial charge on any atom is 0.349 e. The molecular weight excluding hydrogens is 672 g/mol. The number of esters is 4. The predicted molar refractivity (Wildman–Crippen MR) is 208 cm³/mol. The molecule has 0 atom stereocenters. The van der Waals surface area contributed by atoms with Gasteiger partial charge >= 0.3 is 23.9 Å². The molecule has 0 radical (unpaired) electrons. The minimum Gasteiger partial charge on any atom is -0.507 e. The fourth-order valence-electron chi connectivity index (χ4n) is 4.80. The Balaban J connectivity index is 1.79. The van der Waals surface area contributed by atoms with Gasteiger partial charge in [-0.2, -0.15) is 10.2 Å². The summed E-state index contributed by atoms with van der Waals surface area (Å²) in [5.41, 5.74) is 0.331. The number of methoxy groups -OCH3 is 1. The number of hydrogen-bond donors (Lipinski definition) is 1. The zero-order valence-electron chi connectivity index (χ0n) is 31.3. The Kier molecular flexibility index (Phi) is 22.5. The van der Waals surface area contributed by atoms with E-state index in [1.54, 1.807) is 0 Å². The van der Waals surface area contributed by atoms with Gasteiger partial charge in [0, 0.05) is 18.9 Å². The van der Waals surface area contributed by atoms with Crippen molar-refractivity contribution >= 4 is 35.3 Å². The van der Waals surface area contributed by atoms with Gasteiger partial charge in [-0.15, -0.1) is 0 Å². The Bertz CT molecular complexity index is 1630. The Morgan fingerprint density at radius 1 is 0.604 bits per heavy atom. The molecule has 0 saturated heterocycles. The van der Waals surface area contributed by atoms with E-state index in [0.29, 0.717) is 24.9 Å². The highest BCUT2D eigenvalue weighted by Gasteiger charge is 2.19. The van der Waals surface area contributed by atoms with Crippen LogP contribution in [0.2, 0.25) is 0 Å². The Hall–Kier alpha value is -5.38. The summed E-state index contributed by atoms with van der Waals surface area (Å²) in [6.07, 6.45) is 32.0. The van der Waals surface area contributed by atoms with Crippen molar-refractivity contribution in [1.82, 2.24) is 0 Å². The minimum atomic E-state index is -0.980. The highest BCUT2D eigenvalue weighted by molar-refractivity contribution is 6.00. The molecule has 2 aromatic rings. The second kappa shape index (κ2) is 27.3. The van der Waals surface area contributed by atoms with Crippen LogP contribution < -0.4 is 4.74 Å². The average Bonchev–Trinajstić information content (AvgIpc) is 3.15. The third-order valence-corrected chi connectivity index (χ3v) is 7.69. The summed E-state index contributed by atoms with van der Waals surface area (Å²) in [4.78, 5) is 49.6. The van der Waals surface area contributed by atoms with E-state index < -0.39 is 23.9 Å². The molecule has 1 N–H and O–H groups in total. The number of carbonyl (C=O) groups is 4. The Morgan fingerprint density at radius 2 is 1.11 bits per heavy atom. The number of benzene rings is 2. The van der Waals surface area contributed by atoms with E-state index in [1.807, 2.05) is 12.2 Å². The largest absolute Gasteiger partial charge is 0.507 e. The van der Waals surface area contributed by atoms with Gasteiger partial charge in [0.2, 0.25) is 0 Å². The van der Waals surface area contributed by atoms with Crippen molar-refractivity contribution in [3.05, 3.63) is 108 Å². The van der Waals surface area contributed by atoms with Crippen molar-refractivity contribution < 1.29 is 38.5 Å². The first kappa shape index (κ1) is 43.8. The highest BCUT2D eigenvalue weighted by atomic mass is 16.6. The maximum absolute atomic E-state index is 12.7. The van der Waals surface area contributed by atoms with Crippen molar-refractivity contribution in [2.24, 2.45) is 10.2 Å². The molecule has 284 valence electrons. The highest BCUT2D eigenvalue weighted by Crippen LogP contribution is 2.29. The third-order valence-electron chi connectivity index (χ3n) is 7.69. The van der Waals surface area contributed by atoms with Crippen LogP contribution in [0.4, 0.5) is 11.4 Å². The average molecular weight is 727 g/mol. The van der Waals surface area contributed by atoms with Gasteiger partial charge in [-0.1, -0.05) is 100 Å². The monoisotopic (exact) mass is 726 g/mol. The van der Waals surface area contributed by atoms with E-state index in [9.17, 15) is 24.3 Å². The second-order valence-corrected chi connectivity index (χ2v) is 12.1. The van der Waals surface area contributed by atoms with Crippen LogP contribution in [0.15, 0.2) is 107 Å². The van der Waals surface area contributed by atoms with Crippen LogP contribution in [0.3, 0.4) is 0 Å². The quantitative estimate of drug-likeness (QED) is 0.0370. The lowest BCUT2D eigenvalue weighted by atomic mass is 10.1. The van der Waals surface area contributed by atoms with Crippen LogP contribution in [0.5, 0.6) is 11.5 Å². The molecule has 0 spiro atoms. The fourth-order valence-corrected chi connectivity index (χ4v) is 4.80. The summed E-state index contributed by atoms with van der Waals surface area (Å²) < 4.78 is 15.3. The number of azo groups is 1. The molecule has 0 aliphatic rings. The first-order chi connectivity index (χ1) is 25.8. The third kappa shape index (κ3) is 19.1. The summed E-state index contributed by atoms with van der Waals surface area (Å²) in [7, 11) is 1.37. The van der Waals surface area contributed by atoms with Crippen molar-refractivity contribution in [2.45, 2.75) is 104 Å². The van der Waals surface area contributed by atoms with E-state index in [4.69, 9.17) is 14.2 Å². The van der Waals surface area contributed by atoms with Gasteiger partial charge in [0.05, 0.1) is 18.5 Å². The van der Waals surface area contributed by atoms with Gasteiger partial charge in [0.25, 0.3) is 0 Å². The lowest BCUT2D eigenvalue weighted by Crippen LogP contribution is -2.13. The number of phenolic OH excluding ortho intramolecular Hbond substituents is 1. The van der Waals surface area contributed by atoms with Crippen LogP contribution in [-0.2, 0) is 19.1 Å². The Morgan fingerprint density at radius 3 is 1.70 bits per heavy atom. The molecule has 0 heterocycles. The number of hydrogen-bond acceptors (Lipinski definition) is 10. The van der Waals surface area contributed by atoms with Crippen LogP contribution in [0.25, 0.3) is 0 Å². The predicted octanol–water partition coefficient (Wildman–Crippen LogP) is 11.5. The SMILES string of the molecule is CC/C=C\C/C=C\C/C=C\C/C=C\C/C=C\CCCC(=O)OC(=O)c1ccc(N=Nc2ccc(O)c(C(=O)OC(=O)CCCCCCC)c2)cc1OC. The topological polar surface area (TPSA) is 141 Å². The lowest BCUT2D eigenvalue weighted by molar-refractivity contribution is -0.139. The second-order valence-electron chi connectivity index (χ2n) is 12.1. The van der Waals surface area contributed by atoms with Gasteiger partial charge in [-0.3, -0.25) is 9.59 Å². The van der Waals surface area contributed by atoms with Gasteiger partial charge in [-0.05, 0) is 81.7 Å². The molecule has 2 rings (SSSR count). The summed E-state index contributed by atoms with van der Waals surface area (Å²) >= 11 is 0. The van der Waals surface area contributed by atoms with E-state index in [1.165, 1.54) is 43.5 Å². The fraction of sp³-hybridized carbons (Fsp3) is 0.395. The van der Waals surface area contributed by atoms with Crippen molar-refractivity contribution in [3.8, 4) is 11.5 Å². The van der Waals surface area contributed by atoms with Gasteiger partial charge in [-0.25, -0.2) is 9.59 Å². The number of nitrogens with zero attached hydrogens (tertiary/aromatic N) is 2. The number of ether oxygens (including phenoxy) is 3. The van der Waals surface area contributed by atoms with Crippen molar-refractivity contribution in [1.29, 1.82) is 0 Å². The normalized spacial score (nSPS) is 11.9. The maximum atomic E-state index is 12.7. The first-order valence-corrected chi connectivity index (χ1v) is 18.5. The summed E-state index contributed by atoms with van der Waals surface area (Å²) in [6, 6.07) is 8.28. The summed E-state index contributed by atoms with van der Waals surface area (Å²) in [5, 5.41) is 18.4.